The zero-order valence-corrected chi connectivity index (χ0v) is 16.8. The lowest BCUT2D eigenvalue weighted by Gasteiger charge is -2.17. The lowest BCUT2D eigenvalue weighted by molar-refractivity contribution is -0.384. The molecule has 8 nitrogen and oxygen atoms in total. The van der Waals surface area contributed by atoms with Gasteiger partial charge >= 0.3 is 5.69 Å². The van der Waals surface area contributed by atoms with Gasteiger partial charge in [-0.3, -0.25) is 15.5 Å². The Balaban J connectivity index is 2.21. The molecule has 0 spiro atoms. The Labute approximate surface area is 164 Å². The van der Waals surface area contributed by atoms with E-state index in [0.717, 1.165) is 15.6 Å². The van der Waals surface area contributed by atoms with Crippen molar-refractivity contribution < 1.29 is 14.4 Å². The molecule has 1 atom stereocenters. The molecular weight excluding hydrogens is 451 g/mol. The summed E-state index contributed by atoms with van der Waals surface area (Å²) < 4.78 is 12.2. The van der Waals surface area contributed by atoms with Crippen molar-refractivity contribution >= 4 is 40.3 Å². The fourth-order valence-corrected chi connectivity index (χ4v) is 2.76. The maximum atomic E-state index is 11.0. The predicted molar refractivity (Wildman–Crippen MR) is 108 cm³/mol. The summed E-state index contributed by atoms with van der Waals surface area (Å²) >= 11 is 2.17. The molecule has 0 amide bonds. The SMILES string of the molecule is CC[C@H](C)Oc1c(I)cc(/C=N\Nc2ncccc2[N+](=O)[O-])cc1OC. The Morgan fingerprint density at radius 3 is 2.92 bits per heavy atom. The second kappa shape index (κ2) is 9.32. The number of nitro groups is 1. The van der Waals surface area contributed by atoms with E-state index in [1.165, 1.54) is 24.5 Å². The van der Waals surface area contributed by atoms with Gasteiger partial charge in [0.15, 0.2) is 11.5 Å². The Morgan fingerprint density at radius 1 is 1.50 bits per heavy atom. The number of hydrazone groups is 1. The number of rotatable bonds is 8. The smallest absolute Gasteiger partial charge is 0.313 e. The first-order valence-electron chi connectivity index (χ1n) is 7.88. The third-order valence-electron chi connectivity index (χ3n) is 3.51. The van der Waals surface area contributed by atoms with Crippen LogP contribution in [0.3, 0.4) is 0 Å². The van der Waals surface area contributed by atoms with E-state index in [1.807, 2.05) is 19.9 Å². The van der Waals surface area contributed by atoms with Gasteiger partial charge < -0.3 is 9.47 Å². The summed E-state index contributed by atoms with van der Waals surface area (Å²) in [7, 11) is 1.57. The van der Waals surface area contributed by atoms with E-state index >= 15 is 0 Å². The topological polar surface area (TPSA) is 98.9 Å². The third-order valence-corrected chi connectivity index (χ3v) is 4.31. The highest BCUT2D eigenvalue weighted by molar-refractivity contribution is 14.1. The van der Waals surface area contributed by atoms with Crippen LogP contribution in [0, 0.1) is 13.7 Å². The number of benzene rings is 1. The lowest BCUT2D eigenvalue weighted by atomic mass is 10.2. The van der Waals surface area contributed by atoms with Crippen LogP contribution in [0.4, 0.5) is 11.5 Å². The minimum atomic E-state index is -0.516. The number of hydrogen-bond acceptors (Lipinski definition) is 7. The van der Waals surface area contributed by atoms with Crippen molar-refractivity contribution in [1.82, 2.24) is 4.98 Å². The molecule has 26 heavy (non-hydrogen) atoms. The van der Waals surface area contributed by atoms with Gasteiger partial charge in [-0.1, -0.05) is 6.92 Å². The molecule has 1 N–H and O–H groups in total. The maximum Gasteiger partial charge on any atom is 0.313 e. The summed E-state index contributed by atoms with van der Waals surface area (Å²) in [6, 6.07) is 6.53. The number of nitrogens with zero attached hydrogens (tertiary/aromatic N) is 3. The number of methoxy groups -OCH3 is 1. The summed E-state index contributed by atoms with van der Waals surface area (Å²) in [6.07, 6.45) is 3.95. The summed E-state index contributed by atoms with van der Waals surface area (Å²) in [6.45, 7) is 4.04. The zero-order valence-electron chi connectivity index (χ0n) is 14.6. The summed E-state index contributed by atoms with van der Waals surface area (Å²) in [5, 5.41) is 15.0. The highest BCUT2D eigenvalue weighted by Crippen LogP contribution is 2.34. The summed E-state index contributed by atoms with van der Waals surface area (Å²) in [5.41, 5.74) is 3.21. The highest BCUT2D eigenvalue weighted by Gasteiger charge is 2.15. The van der Waals surface area contributed by atoms with Gasteiger partial charge in [0, 0.05) is 12.3 Å². The number of aromatic nitrogens is 1. The average molecular weight is 470 g/mol. The van der Waals surface area contributed by atoms with Crippen LogP contribution in [0.15, 0.2) is 35.6 Å². The van der Waals surface area contributed by atoms with Crippen molar-refractivity contribution in [2.75, 3.05) is 12.5 Å². The summed E-state index contributed by atoms with van der Waals surface area (Å²) in [5.74, 6) is 1.36. The lowest BCUT2D eigenvalue weighted by Crippen LogP contribution is -2.11. The van der Waals surface area contributed by atoms with Crippen LogP contribution in [-0.2, 0) is 0 Å². The predicted octanol–water partition coefficient (Wildman–Crippen LogP) is 4.23. The number of nitrogens with one attached hydrogen (secondary N) is 1. The van der Waals surface area contributed by atoms with Gasteiger partial charge in [0.2, 0.25) is 5.82 Å². The molecule has 0 radical (unpaired) electrons. The van der Waals surface area contributed by atoms with Gasteiger partial charge in [-0.25, -0.2) is 4.98 Å². The normalized spacial score (nSPS) is 12.0. The Hall–Kier alpha value is -2.43. The first-order valence-corrected chi connectivity index (χ1v) is 8.96. The van der Waals surface area contributed by atoms with Crippen molar-refractivity contribution in [3.8, 4) is 11.5 Å². The number of halogens is 1. The van der Waals surface area contributed by atoms with Crippen molar-refractivity contribution in [2.45, 2.75) is 26.4 Å². The quantitative estimate of drug-likeness (QED) is 0.269. The molecule has 2 rings (SSSR count). The number of hydrogen-bond donors (Lipinski definition) is 1. The van der Waals surface area contributed by atoms with E-state index in [4.69, 9.17) is 9.47 Å². The van der Waals surface area contributed by atoms with E-state index in [0.29, 0.717) is 11.5 Å². The second-order valence-electron chi connectivity index (χ2n) is 5.37. The Bertz CT molecular complexity index is 813. The molecule has 1 aromatic carbocycles. The van der Waals surface area contributed by atoms with Crippen LogP contribution >= 0.6 is 22.6 Å². The first kappa shape index (κ1) is 19.9. The van der Waals surface area contributed by atoms with Crippen LogP contribution in [0.2, 0.25) is 0 Å². The van der Waals surface area contributed by atoms with Crippen molar-refractivity contribution in [3.63, 3.8) is 0 Å². The van der Waals surface area contributed by atoms with Gasteiger partial charge in [0.1, 0.15) is 0 Å². The molecule has 1 heterocycles. The van der Waals surface area contributed by atoms with Crippen LogP contribution in [-0.4, -0.2) is 29.3 Å². The van der Waals surface area contributed by atoms with Crippen molar-refractivity contribution in [1.29, 1.82) is 0 Å². The Kier molecular flexibility index (Phi) is 7.13. The fourth-order valence-electron chi connectivity index (χ4n) is 2.01. The van der Waals surface area contributed by atoms with E-state index in [-0.39, 0.29) is 17.6 Å². The number of pyridine rings is 1. The largest absolute Gasteiger partial charge is 0.493 e. The number of ether oxygens (including phenoxy) is 2. The van der Waals surface area contributed by atoms with Crippen LogP contribution in [0.1, 0.15) is 25.8 Å². The molecule has 0 aliphatic heterocycles. The molecule has 0 saturated carbocycles. The molecule has 0 aliphatic rings. The van der Waals surface area contributed by atoms with Gasteiger partial charge in [0.25, 0.3) is 0 Å². The minimum Gasteiger partial charge on any atom is -0.493 e. The third kappa shape index (κ3) is 5.04. The van der Waals surface area contributed by atoms with Crippen molar-refractivity contribution in [3.05, 3.63) is 49.7 Å². The minimum absolute atomic E-state index is 0.0725. The van der Waals surface area contributed by atoms with Crippen LogP contribution < -0.4 is 14.9 Å². The molecule has 0 saturated heterocycles. The van der Waals surface area contributed by atoms with E-state index in [2.05, 4.69) is 38.1 Å². The Morgan fingerprint density at radius 2 is 2.27 bits per heavy atom. The molecule has 0 aliphatic carbocycles. The molecule has 0 unspecified atom stereocenters. The second-order valence-corrected chi connectivity index (χ2v) is 6.53. The van der Waals surface area contributed by atoms with E-state index in [1.54, 1.807) is 13.2 Å². The number of anilines is 1. The molecular formula is C17H19IN4O4. The standard InChI is InChI=1S/C17H19IN4O4/c1-4-11(2)26-16-13(18)8-12(9-15(16)25-3)10-20-21-17-14(22(23)24)6-5-7-19-17/h5-11H,4H2,1-3H3,(H,19,21)/b20-10-/t11-/m0/s1. The first-order chi connectivity index (χ1) is 12.5. The molecule has 138 valence electrons. The van der Waals surface area contributed by atoms with Crippen LogP contribution in [0.25, 0.3) is 0 Å². The molecule has 0 fully saturated rings. The van der Waals surface area contributed by atoms with E-state index in [9.17, 15) is 10.1 Å². The molecule has 1 aromatic heterocycles. The zero-order chi connectivity index (χ0) is 19.1. The average Bonchev–Trinajstić information content (AvgIpc) is 2.63. The van der Waals surface area contributed by atoms with Crippen LogP contribution in [0.5, 0.6) is 11.5 Å². The van der Waals surface area contributed by atoms with Gasteiger partial charge in [-0.2, -0.15) is 5.10 Å². The van der Waals surface area contributed by atoms with E-state index < -0.39 is 4.92 Å². The molecule has 0 bridgehead atoms. The molecule has 2 aromatic rings. The highest BCUT2D eigenvalue weighted by atomic mass is 127. The molecule has 9 heteroatoms. The van der Waals surface area contributed by atoms with Gasteiger partial charge in [0.05, 0.1) is 27.9 Å². The van der Waals surface area contributed by atoms with Gasteiger partial charge in [-0.05, 0) is 59.7 Å². The van der Waals surface area contributed by atoms with Gasteiger partial charge in [-0.15, -0.1) is 0 Å². The summed E-state index contributed by atoms with van der Waals surface area (Å²) in [4.78, 5) is 14.4. The van der Waals surface area contributed by atoms with Crippen molar-refractivity contribution in [2.24, 2.45) is 5.10 Å². The fraction of sp³-hybridized carbons (Fsp3) is 0.294. The maximum absolute atomic E-state index is 11.0. The monoisotopic (exact) mass is 470 g/mol.